The molecule has 1 aliphatic rings. The second-order valence-electron chi connectivity index (χ2n) is 3.09. The summed E-state index contributed by atoms with van der Waals surface area (Å²) in [6.07, 6.45) is 2.71. The van der Waals surface area contributed by atoms with Crippen LogP contribution < -0.4 is 0 Å². The van der Waals surface area contributed by atoms with Crippen molar-refractivity contribution in [3.63, 3.8) is 0 Å². The SMILES string of the molecule is CC1(C)CCCN1SI. The van der Waals surface area contributed by atoms with E-state index in [1.807, 2.05) is 9.12 Å². The van der Waals surface area contributed by atoms with E-state index in [2.05, 4.69) is 39.4 Å². The van der Waals surface area contributed by atoms with Crippen LogP contribution in [0.25, 0.3) is 0 Å². The summed E-state index contributed by atoms with van der Waals surface area (Å²) < 4.78 is 2.45. The highest BCUT2D eigenvalue weighted by Gasteiger charge is 2.31. The van der Waals surface area contributed by atoms with Gasteiger partial charge in [0, 0.05) is 33.3 Å². The van der Waals surface area contributed by atoms with Gasteiger partial charge in [0.1, 0.15) is 0 Å². The van der Waals surface area contributed by atoms with Crippen molar-refractivity contribution < 1.29 is 0 Å². The van der Waals surface area contributed by atoms with Gasteiger partial charge in [0.2, 0.25) is 0 Å². The number of nitrogens with zero attached hydrogens (tertiary/aromatic N) is 1. The Kier molecular flexibility index (Phi) is 2.68. The zero-order valence-electron chi connectivity index (χ0n) is 5.85. The molecule has 0 aromatic heterocycles. The van der Waals surface area contributed by atoms with Crippen LogP contribution in [0.3, 0.4) is 0 Å². The predicted molar refractivity (Wildman–Crippen MR) is 51.6 cm³/mol. The molecule has 0 amide bonds. The number of hydrogen-bond acceptors (Lipinski definition) is 2. The third-order valence-electron chi connectivity index (χ3n) is 1.91. The van der Waals surface area contributed by atoms with Gasteiger partial charge >= 0.3 is 0 Å². The van der Waals surface area contributed by atoms with E-state index in [-0.39, 0.29) is 0 Å². The first-order chi connectivity index (χ1) is 4.17. The Labute approximate surface area is 73.3 Å². The van der Waals surface area contributed by atoms with Crippen molar-refractivity contribution in [3.8, 4) is 0 Å². The first kappa shape index (κ1) is 8.14. The molecule has 1 aliphatic heterocycles. The summed E-state index contributed by atoms with van der Waals surface area (Å²) in [5.41, 5.74) is 0.450. The Morgan fingerprint density at radius 2 is 2.22 bits per heavy atom. The van der Waals surface area contributed by atoms with Crippen molar-refractivity contribution in [1.82, 2.24) is 4.31 Å². The molecular formula is C6H12INS. The third-order valence-corrected chi connectivity index (χ3v) is 4.18. The van der Waals surface area contributed by atoms with Crippen LogP contribution in [0.1, 0.15) is 26.7 Å². The van der Waals surface area contributed by atoms with E-state index in [9.17, 15) is 0 Å². The monoisotopic (exact) mass is 257 g/mol. The average Bonchev–Trinajstić information content (AvgIpc) is 2.08. The summed E-state index contributed by atoms with van der Waals surface area (Å²) >= 11 is 2.36. The van der Waals surface area contributed by atoms with Crippen LogP contribution in [-0.2, 0) is 0 Å². The zero-order valence-corrected chi connectivity index (χ0v) is 8.83. The zero-order chi connectivity index (χ0) is 6.91. The van der Waals surface area contributed by atoms with Crippen molar-refractivity contribution in [2.24, 2.45) is 0 Å². The molecule has 0 bridgehead atoms. The Hall–Kier alpha value is 1.04. The molecule has 0 saturated carbocycles. The fourth-order valence-electron chi connectivity index (χ4n) is 1.21. The quantitative estimate of drug-likeness (QED) is 0.525. The molecule has 0 unspecified atom stereocenters. The van der Waals surface area contributed by atoms with E-state index in [0.717, 1.165) is 0 Å². The van der Waals surface area contributed by atoms with Gasteiger partial charge in [-0.05, 0) is 35.8 Å². The van der Waals surface area contributed by atoms with Crippen LogP contribution in [0, 0.1) is 0 Å². The molecule has 0 spiro atoms. The number of halogens is 1. The van der Waals surface area contributed by atoms with Crippen LogP contribution in [0.4, 0.5) is 0 Å². The van der Waals surface area contributed by atoms with Crippen molar-refractivity contribution in [1.29, 1.82) is 0 Å². The molecule has 9 heavy (non-hydrogen) atoms. The van der Waals surface area contributed by atoms with Crippen molar-refractivity contribution >= 4 is 30.3 Å². The fourth-order valence-corrected chi connectivity index (χ4v) is 3.88. The van der Waals surface area contributed by atoms with Crippen LogP contribution >= 0.6 is 30.3 Å². The first-order valence-corrected chi connectivity index (χ1v) is 6.55. The van der Waals surface area contributed by atoms with Gasteiger partial charge in [-0.1, -0.05) is 0 Å². The van der Waals surface area contributed by atoms with E-state index in [0.29, 0.717) is 5.54 Å². The summed E-state index contributed by atoms with van der Waals surface area (Å²) in [6, 6.07) is 0. The molecule has 0 aromatic carbocycles. The smallest absolute Gasteiger partial charge is 0.0265 e. The van der Waals surface area contributed by atoms with Gasteiger partial charge in [0.25, 0.3) is 0 Å². The fraction of sp³-hybridized carbons (Fsp3) is 1.00. The topological polar surface area (TPSA) is 3.24 Å². The maximum Gasteiger partial charge on any atom is 0.0265 e. The summed E-state index contributed by atoms with van der Waals surface area (Å²) in [5.74, 6) is 0. The lowest BCUT2D eigenvalue weighted by atomic mass is 10.0. The van der Waals surface area contributed by atoms with Gasteiger partial charge in [0.15, 0.2) is 0 Å². The maximum atomic E-state index is 2.45. The highest BCUT2D eigenvalue weighted by atomic mass is 127. The molecule has 1 saturated heterocycles. The van der Waals surface area contributed by atoms with E-state index in [1.165, 1.54) is 19.4 Å². The summed E-state index contributed by atoms with van der Waals surface area (Å²) in [4.78, 5) is 0. The van der Waals surface area contributed by atoms with E-state index in [1.54, 1.807) is 0 Å². The van der Waals surface area contributed by atoms with E-state index < -0.39 is 0 Å². The molecule has 1 rings (SSSR count). The van der Waals surface area contributed by atoms with E-state index >= 15 is 0 Å². The molecular weight excluding hydrogens is 245 g/mol. The minimum atomic E-state index is 0.450. The molecule has 0 radical (unpaired) electrons. The summed E-state index contributed by atoms with van der Waals surface area (Å²) in [5, 5.41) is 0. The lowest BCUT2D eigenvalue weighted by Crippen LogP contribution is -2.31. The van der Waals surface area contributed by atoms with Gasteiger partial charge in [-0.3, -0.25) is 0 Å². The molecule has 1 heterocycles. The van der Waals surface area contributed by atoms with Crippen molar-refractivity contribution in [2.75, 3.05) is 6.54 Å². The maximum absolute atomic E-state index is 2.45. The molecule has 1 fully saturated rings. The average molecular weight is 257 g/mol. The summed E-state index contributed by atoms with van der Waals surface area (Å²) in [7, 11) is 1.84. The van der Waals surface area contributed by atoms with Crippen molar-refractivity contribution in [2.45, 2.75) is 32.2 Å². The molecule has 54 valence electrons. The second kappa shape index (κ2) is 2.96. The Balaban J connectivity index is 2.52. The van der Waals surface area contributed by atoms with Crippen LogP contribution in [0.5, 0.6) is 0 Å². The van der Waals surface area contributed by atoms with E-state index in [4.69, 9.17) is 0 Å². The normalized spacial score (nSPS) is 27.0. The summed E-state index contributed by atoms with van der Waals surface area (Å²) in [6.45, 7) is 5.89. The van der Waals surface area contributed by atoms with Gasteiger partial charge in [-0.2, -0.15) is 0 Å². The molecule has 0 aliphatic carbocycles. The van der Waals surface area contributed by atoms with Gasteiger partial charge in [-0.15, -0.1) is 0 Å². The molecule has 0 aromatic rings. The number of rotatable bonds is 1. The minimum absolute atomic E-state index is 0.450. The third kappa shape index (κ3) is 1.74. The highest BCUT2D eigenvalue weighted by Crippen LogP contribution is 2.36. The molecule has 0 atom stereocenters. The van der Waals surface area contributed by atoms with Gasteiger partial charge in [0.05, 0.1) is 0 Å². The standard InChI is InChI=1S/C6H12INS/c1-6(2)4-3-5-8(6)9-7/h3-5H2,1-2H3. The molecule has 1 nitrogen and oxygen atoms in total. The Morgan fingerprint density at radius 3 is 2.44 bits per heavy atom. The lowest BCUT2D eigenvalue weighted by molar-refractivity contribution is 0.323. The van der Waals surface area contributed by atoms with Crippen molar-refractivity contribution in [3.05, 3.63) is 0 Å². The van der Waals surface area contributed by atoms with Crippen LogP contribution in [0.2, 0.25) is 0 Å². The minimum Gasteiger partial charge on any atom is -0.236 e. The molecule has 0 N–H and O–H groups in total. The highest BCUT2D eigenvalue weighted by molar-refractivity contribution is 14.2. The Bertz CT molecular complexity index is 105. The lowest BCUT2D eigenvalue weighted by Gasteiger charge is -2.27. The molecule has 3 heteroatoms. The largest absolute Gasteiger partial charge is 0.236 e. The van der Waals surface area contributed by atoms with Crippen LogP contribution in [0.15, 0.2) is 0 Å². The van der Waals surface area contributed by atoms with Crippen LogP contribution in [-0.4, -0.2) is 16.4 Å². The first-order valence-electron chi connectivity index (χ1n) is 3.23. The Morgan fingerprint density at radius 1 is 1.56 bits per heavy atom. The second-order valence-corrected chi connectivity index (χ2v) is 4.85. The van der Waals surface area contributed by atoms with Gasteiger partial charge in [-0.25, -0.2) is 4.31 Å². The predicted octanol–water partition coefficient (Wildman–Crippen LogP) is 2.86. The van der Waals surface area contributed by atoms with Gasteiger partial charge < -0.3 is 0 Å². The number of hydrogen-bond donors (Lipinski definition) is 0.